The first-order valence-electron chi connectivity index (χ1n) is 9.92. The molecule has 1 aromatic heterocycles. The molecule has 0 fully saturated rings. The minimum absolute atomic E-state index is 0.0517. The third-order valence-corrected chi connectivity index (χ3v) is 6.13. The van der Waals surface area contributed by atoms with E-state index in [1.165, 1.54) is 7.11 Å². The monoisotopic (exact) mass is 450 g/mol. The molecule has 3 aromatic carbocycles. The number of anilines is 3. The Morgan fingerprint density at radius 3 is 2.03 bits per heavy atom. The number of ether oxygens (including phenoxy) is 1. The zero-order valence-electron chi connectivity index (χ0n) is 17.3. The second kappa shape index (κ2) is 9.11. The highest BCUT2D eigenvalue weighted by molar-refractivity contribution is 7.92. The third kappa shape index (κ3) is 4.89. The van der Waals surface area contributed by atoms with Crippen LogP contribution in [0.1, 0.15) is 0 Å². The van der Waals surface area contributed by atoms with Crippen molar-refractivity contribution in [2.45, 2.75) is 0 Å². The van der Waals surface area contributed by atoms with Crippen LogP contribution in [-0.4, -0.2) is 38.9 Å². The van der Waals surface area contributed by atoms with Crippen molar-refractivity contribution in [2.24, 2.45) is 0 Å². The summed E-state index contributed by atoms with van der Waals surface area (Å²) in [6, 6.07) is 22.8. The van der Waals surface area contributed by atoms with E-state index in [4.69, 9.17) is 4.98 Å². The predicted octanol–water partition coefficient (Wildman–Crippen LogP) is 4.23. The van der Waals surface area contributed by atoms with Crippen LogP contribution in [0.4, 0.5) is 21.9 Å². The Kier molecular flexibility index (Phi) is 6.09. The average molecular weight is 451 g/mol. The highest BCUT2D eigenvalue weighted by atomic mass is 32.2. The van der Waals surface area contributed by atoms with Crippen molar-refractivity contribution >= 4 is 55.0 Å². The number of carbonyl (C=O) groups is 1. The molecule has 3 N–H and O–H groups in total. The summed E-state index contributed by atoms with van der Waals surface area (Å²) in [4.78, 5) is 15.8. The highest BCUT2D eigenvalue weighted by Crippen LogP contribution is 2.33. The van der Waals surface area contributed by atoms with Crippen LogP contribution in [0.5, 0.6) is 0 Å². The number of pyridine rings is 1. The normalized spacial score (nSPS) is 11.3. The van der Waals surface area contributed by atoms with Crippen molar-refractivity contribution in [2.75, 3.05) is 29.4 Å². The summed E-state index contributed by atoms with van der Waals surface area (Å²) in [6.07, 6.45) is -0.674. The summed E-state index contributed by atoms with van der Waals surface area (Å²) in [6.45, 7) is -0.0517. The Labute approximate surface area is 185 Å². The highest BCUT2D eigenvalue weighted by Gasteiger charge is 2.12. The van der Waals surface area contributed by atoms with Crippen LogP contribution < -0.4 is 15.4 Å². The maximum absolute atomic E-state index is 12.2. The van der Waals surface area contributed by atoms with Crippen molar-refractivity contribution < 1.29 is 17.9 Å². The van der Waals surface area contributed by atoms with Crippen molar-refractivity contribution in [3.63, 3.8) is 0 Å². The predicted molar refractivity (Wildman–Crippen MR) is 127 cm³/mol. The number of amides is 1. The Morgan fingerprint density at radius 1 is 0.875 bits per heavy atom. The molecule has 4 aromatic rings. The molecule has 0 aliphatic carbocycles. The molecule has 0 aliphatic heterocycles. The van der Waals surface area contributed by atoms with Gasteiger partial charge in [-0.1, -0.05) is 36.4 Å². The number of sulfonamides is 1. The fourth-order valence-electron chi connectivity index (χ4n) is 3.33. The molecular formula is C23H22N4O4S. The van der Waals surface area contributed by atoms with E-state index in [2.05, 4.69) is 20.1 Å². The number of methoxy groups -OCH3 is 1. The first kappa shape index (κ1) is 21.4. The van der Waals surface area contributed by atoms with Gasteiger partial charge in [0, 0.05) is 28.7 Å². The largest absolute Gasteiger partial charge is 0.453 e. The van der Waals surface area contributed by atoms with Crippen LogP contribution >= 0.6 is 0 Å². The lowest BCUT2D eigenvalue weighted by atomic mass is 10.1. The van der Waals surface area contributed by atoms with Crippen LogP contribution in [0.15, 0.2) is 72.8 Å². The molecule has 1 heterocycles. The number of para-hydroxylation sites is 2. The van der Waals surface area contributed by atoms with E-state index in [-0.39, 0.29) is 12.3 Å². The fourth-order valence-corrected chi connectivity index (χ4v) is 4.30. The number of hydrogen-bond acceptors (Lipinski definition) is 6. The summed E-state index contributed by atoms with van der Waals surface area (Å²) < 4.78 is 31.4. The zero-order valence-corrected chi connectivity index (χ0v) is 18.1. The van der Waals surface area contributed by atoms with Gasteiger partial charge in [0.15, 0.2) is 0 Å². The van der Waals surface area contributed by atoms with Crippen molar-refractivity contribution in [3.8, 4) is 0 Å². The van der Waals surface area contributed by atoms with Gasteiger partial charge in [-0.15, -0.1) is 0 Å². The fraction of sp³-hybridized carbons (Fsp3) is 0.130. The molecule has 0 radical (unpaired) electrons. The molecule has 0 atom stereocenters. The molecule has 0 saturated heterocycles. The van der Waals surface area contributed by atoms with E-state index >= 15 is 0 Å². The van der Waals surface area contributed by atoms with Gasteiger partial charge in [0.05, 0.1) is 29.6 Å². The Morgan fingerprint density at radius 2 is 1.44 bits per heavy atom. The number of aromatic nitrogens is 1. The molecule has 8 nitrogen and oxygen atoms in total. The first-order valence-corrected chi connectivity index (χ1v) is 11.6. The average Bonchev–Trinajstić information content (AvgIpc) is 2.79. The van der Waals surface area contributed by atoms with E-state index in [0.29, 0.717) is 5.69 Å². The maximum Gasteiger partial charge on any atom is 0.406 e. The molecule has 32 heavy (non-hydrogen) atoms. The molecule has 164 valence electrons. The van der Waals surface area contributed by atoms with Crippen LogP contribution in [0.25, 0.3) is 21.8 Å². The third-order valence-electron chi connectivity index (χ3n) is 4.84. The summed E-state index contributed by atoms with van der Waals surface area (Å²) in [5.41, 5.74) is 3.95. The van der Waals surface area contributed by atoms with Gasteiger partial charge in [-0.2, -0.15) is 0 Å². The number of nitrogens with zero attached hydrogens (tertiary/aromatic N) is 1. The summed E-state index contributed by atoms with van der Waals surface area (Å²) >= 11 is 0. The minimum Gasteiger partial charge on any atom is -0.453 e. The van der Waals surface area contributed by atoms with Crippen molar-refractivity contribution in [1.29, 1.82) is 0 Å². The van der Waals surface area contributed by atoms with Crippen LogP contribution in [0, 0.1) is 0 Å². The molecule has 1 amide bonds. The van der Waals surface area contributed by atoms with E-state index < -0.39 is 16.1 Å². The van der Waals surface area contributed by atoms with E-state index in [9.17, 15) is 13.2 Å². The summed E-state index contributed by atoms with van der Waals surface area (Å²) in [5.74, 6) is -0.267. The lowest BCUT2D eigenvalue weighted by Gasteiger charge is -2.14. The number of rotatable bonds is 7. The number of fused-ring (bicyclic) bond motifs is 2. The van der Waals surface area contributed by atoms with Gasteiger partial charge >= 0.3 is 6.09 Å². The number of hydrogen-bond donors (Lipinski definition) is 3. The first-order chi connectivity index (χ1) is 15.4. The van der Waals surface area contributed by atoms with Crippen LogP contribution in [0.2, 0.25) is 0 Å². The van der Waals surface area contributed by atoms with Gasteiger partial charge < -0.3 is 15.4 Å². The quantitative estimate of drug-likeness (QED) is 0.364. The molecule has 0 bridgehead atoms. The van der Waals surface area contributed by atoms with E-state index in [0.717, 1.165) is 33.2 Å². The van der Waals surface area contributed by atoms with Gasteiger partial charge in [0.1, 0.15) is 0 Å². The topological polar surface area (TPSA) is 109 Å². The number of benzene rings is 3. The maximum atomic E-state index is 12.2. The number of nitrogens with one attached hydrogen (secondary N) is 3. The van der Waals surface area contributed by atoms with Crippen LogP contribution in [0.3, 0.4) is 0 Å². The van der Waals surface area contributed by atoms with Gasteiger partial charge in [0.2, 0.25) is 10.0 Å². The Balaban J connectivity index is 1.53. The smallest absolute Gasteiger partial charge is 0.406 e. The molecule has 0 unspecified atom stereocenters. The van der Waals surface area contributed by atoms with Gasteiger partial charge in [-0.3, -0.25) is 4.72 Å². The standard InChI is InChI=1S/C23H22N4O4S/c1-31-23(28)24-14-15-32(29,30)27-17-12-10-16(11-13-17)25-22-18-6-2-4-8-20(18)26-21-9-5-3-7-19(21)22/h2-13,27H,14-15H2,1H3,(H,24,28)(H,25,26). The van der Waals surface area contributed by atoms with Gasteiger partial charge in [-0.25, -0.2) is 18.2 Å². The minimum atomic E-state index is -3.62. The van der Waals surface area contributed by atoms with E-state index in [1.807, 2.05) is 48.5 Å². The van der Waals surface area contributed by atoms with Crippen LogP contribution in [-0.2, 0) is 14.8 Å². The molecule has 0 aliphatic rings. The second-order valence-electron chi connectivity index (χ2n) is 7.06. The Hall–Kier alpha value is -3.85. The Bertz CT molecular complexity index is 1320. The second-order valence-corrected chi connectivity index (χ2v) is 8.90. The summed E-state index contributed by atoms with van der Waals surface area (Å²) in [7, 11) is -2.40. The molecule has 0 saturated carbocycles. The lowest BCUT2D eigenvalue weighted by Crippen LogP contribution is -2.31. The SMILES string of the molecule is COC(=O)NCCS(=O)(=O)Nc1ccc(Nc2c3ccccc3nc3ccccc23)cc1. The zero-order chi connectivity index (χ0) is 22.6. The molecule has 4 rings (SSSR count). The van der Waals surface area contributed by atoms with Gasteiger partial charge in [-0.05, 0) is 36.4 Å². The number of carbonyl (C=O) groups excluding carboxylic acids is 1. The lowest BCUT2D eigenvalue weighted by molar-refractivity contribution is 0.172. The van der Waals surface area contributed by atoms with Crippen molar-refractivity contribution in [1.82, 2.24) is 10.3 Å². The van der Waals surface area contributed by atoms with Crippen molar-refractivity contribution in [3.05, 3.63) is 72.8 Å². The van der Waals surface area contributed by atoms with E-state index in [1.54, 1.807) is 24.3 Å². The summed E-state index contributed by atoms with van der Waals surface area (Å²) in [5, 5.41) is 7.79. The molecular weight excluding hydrogens is 428 g/mol. The van der Waals surface area contributed by atoms with Gasteiger partial charge in [0.25, 0.3) is 0 Å². The molecule has 9 heteroatoms. The molecule has 0 spiro atoms. The number of alkyl carbamates (subject to hydrolysis) is 1.